The van der Waals surface area contributed by atoms with Crippen molar-refractivity contribution in [3.05, 3.63) is 59.2 Å². The van der Waals surface area contributed by atoms with E-state index in [4.69, 9.17) is 20.0 Å². The average Bonchev–Trinajstić information content (AvgIpc) is 2.46. The standard InChI is InChI=1S/C15H14BNO3/c1-11-8-14(16(18)19)6-7-15(11)20-10-13-5-3-2-4-12(13)9-17/h2-8,18-19H,10H2,1H3. The molecule has 5 heteroatoms. The molecule has 0 radical (unpaired) electrons. The Kier molecular flexibility index (Phi) is 4.41. The summed E-state index contributed by atoms with van der Waals surface area (Å²) in [7, 11) is -1.48. The molecular weight excluding hydrogens is 253 g/mol. The second-order valence-corrected chi connectivity index (χ2v) is 4.46. The minimum Gasteiger partial charge on any atom is -0.489 e. The van der Waals surface area contributed by atoms with Gasteiger partial charge in [0, 0.05) is 5.56 Å². The molecule has 2 aromatic rings. The number of ether oxygens (including phenoxy) is 1. The van der Waals surface area contributed by atoms with Crippen molar-refractivity contribution in [3.63, 3.8) is 0 Å². The highest BCUT2D eigenvalue weighted by Crippen LogP contribution is 2.18. The molecule has 0 heterocycles. The van der Waals surface area contributed by atoms with E-state index >= 15 is 0 Å². The molecule has 0 amide bonds. The summed E-state index contributed by atoms with van der Waals surface area (Å²) in [5, 5.41) is 27.2. The molecule has 0 saturated carbocycles. The van der Waals surface area contributed by atoms with E-state index in [9.17, 15) is 0 Å². The largest absolute Gasteiger partial charge is 0.489 e. The van der Waals surface area contributed by atoms with E-state index in [1.54, 1.807) is 24.3 Å². The summed E-state index contributed by atoms with van der Waals surface area (Å²) >= 11 is 0. The number of aryl methyl sites for hydroxylation is 1. The predicted octanol–water partition coefficient (Wildman–Crippen LogP) is 1.13. The van der Waals surface area contributed by atoms with Crippen molar-refractivity contribution in [1.82, 2.24) is 0 Å². The number of rotatable bonds is 4. The first-order chi connectivity index (χ1) is 9.61. The molecule has 0 aliphatic carbocycles. The summed E-state index contributed by atoms with van der Waals surface area (Å²) in [5.41, 5.74) is 2.64. The maximum Gasteiger partial charge on any atom is 0.488 e. The van der Waals surface area contributed by atoms with E-state index in [1.165, 1.54) is 0 Å². The van der Waals surface area contributed by atoms with Gasteiger partial charge in [0.2, 0.25) is 0 Å². The summed E-state index contributed by atoms with van der Waals surface area (Å²) in [4.78, 5) is 0. The molecule has 0 bridgehead atoms. The molecule has 20 heavy (non-hydrogen) atoms. The van der Waals surface area contributed by atoms with Crippen molar-refractivity contribution >= 4 is 12.6 Å². The zero-order valence-electron chi connectivity index (χ0n) is 11.1. The smallest absolute Gasteiger partial charge is 0.488 e. The van der Waals surface area contributed by atoms with Gasteiger partial charge in [-0.05, 0) is 30.1 Å². The zero-order valence-corrected chi connectivity index (χ0v) is 11.1. The number of nitriles is 1. The third-order valence-electron chi connectivity index (χ3n) is 3.02. The molecule has 2 aromatic carbocycles. The van der Waals surface area contributed by atoms with Gasteiger partial charge in [0.1, 0.15) is 12.4 Å². The Balaban J connectivity index is 2.14. The monoisotopic (exact) mass is 267 g/mol. The van der Waals surface area contributed by atoms with Crippen LogP contribution < -0.4 is 10.2 Å². The van der Waals surface area contributed by atoms with Gasteiger partial charge in [0.25, 0.3) is 0 Å². The second-order valence-electron chi connectivity index (χ2n) is 4.46. The van der Waals surface area contributed by atoms with Gasteiger partial charge in [-0.3, -0.25) is 0 Å². The van der Waals surface area contributed by atoms with E-state index < -0.39 is 7.12 Å². The van der Waals surface area contributed by atoms with E-state index in [0.29, 0.717) is 23.4 Å². The molecule has 0 aliphatic rings. The Morgan fingerprint density at radius 2 is 1.95 bits per heavy atom. The third kappa shape index (κ3) is 3.18. The van der Waals surface area contributed by atoms with Gasteiger partial charge >= 0.3 is 7.12 Å². The van der Waals surface area contributed by atoms with E-state index in [-0.39, 0.29) is 0 Å². The molecule has 0 atom stereocenters. The predicted molar refractivity (Wildman–Crippen MR) is 76.5 cm³/mol. The highest BCUT2D eigenvalue weighted by Gasteiger charge is 2.12. The lowest BCUT2D eigenvalue weighted by Gasteiger charge is -2.11. The van der Waals surface area contributed by atoms with Crippen LogP contribution in [0, 0.1) is 18.3 Å². The van der Waals surface area contributed by atoms with Crippen LogP contribution in [0.15, 0.2) is 42.5 Å². The Bertz CT molecular complexity index is 650. The van der Waals surface area contributed by atoms with Crippen molar-refractivity contribution in [2.45, 2.75) is 13.5 Å². The van der Waals surface area contributed by atoms with Crippen LogP contribution in [0.2, 0.25) is 0 Å². The minimum atomic E-state index is -1.48. The van der Waals surface area contributed by atoms with Gasteiger partial charge in [-0.2, -0.15) is 5.26 Å². The lowest BCUT2D eigenvalue weighted by atomic mass is 9.79. The van der Waals surface area contributed by atoms with Crippen molar-refractivity contribution in [2.75, 3.05) is 0 Å². The molecule has 0 unspecified atom stereocenters. The van der Waals surface area contributed by atoms with Crippen LogP contribution in [0.25, 0.3) is 0 Å². The quantitative estimate of drug-likeness (QED) is 0.814. The highest BCUT2D eigenvalue weighted by atomic mass is 16.5. The molecule has 0 aliphatic heterocycles. The minimum absolute atomic E-state index is 0.297. The van der Waals surface area contributed by atoms with Gasteiger partial charge in [-0.1, -0.05) is 30.3 Å². The van der Waals surface area contributed by atoms with Gasteiger partial charge < -0.3 is 14.8 Å². The molecule has 0 saturated heterocycles. The highest BCUT2D eigenvalue weighted by molar-refractivity contribution is 6.58. The van der Waals surface area contributed by atoms with Crippen LogP contribution in [0.4, 0.5) is 0 Å². The van der Waals surface area contributed by atoms with Crippen LogP contribution in [-0.2, 0) is 6.61 Å². The maximum atomic E-state index is 9.09. The van der Waals surface area contributed by atoms with Crippen LogP contribution in [0.3, 0.4) is 0 Å². The van der Waals surface area contributed by atoms with Crippen LogP contribution in [0.5, 0.6) is 5.75 Å². The SMILES string of the molecule is Cc1cc(B(O)O)ccc1OCc1ccccc1C#N. The van der Waals surface area contributed by atoms with Crippen LogP contribution in [0.1, 0.15) is 16.7 Å². The Morgan fingerprint density at radius 1 is 1.20 bits per heavy atom. The van der Waals surface area contributed by atoms with Gasteiger partial charge in [-0.15, -0.1) is 0 Å². The Hall–Kier alpha value is -2.29. The van der Waals surface area contributed by atoms with Crippen LogP contribution in [-0.4, -0.2) is 17.2 Å². The Labute approximate surface area is 118 Å². The average molecular weight is 267 g/mol. The van der Waals surface area contributed by atoms with Crippen molar-refractivity contribution in [3.8, 4) is 11.8 Å². The third-order valence-corrected chi connectivity index (χ3v) is 3.02. The van der Waals surface area contributed by atoms with Crippen molar-refractivity contribution in [2.24, 2.45) is 0 Å². The molecule has 2 N–H and O–H groups in total. The molecule has 0 aromatic heterocycles. The number of benzene rings is 2. The molecule has 2 rings (SSSR count). The zero-order chi connectivity index (χ0) is 14.5. The normalized spacial score (nSPS) is 9.90. The van der Waals surface area contributed by atoms with Gasteiger partial charge in [0.15, 0.2) is 0 Å². The summed E-state index contributed by atoms with van der Waals surface area (Å²) in [5.74, 6) is 0.655. The maximum absolute atomic E-state index is 9.09. The topological polar surface area (TPSA) is 73.5 Å². The summed E-state index contributed by atoms with van der Waals surface area (Å²) in [6.07, 6.45) is 0. The molecular formula is C15H14BNO3. The fraction of sp³-hybridized carbons (Fsp3) is 0.133. The molecule has 0 fully saturated rings. The van der Waals surface area contributed by atoms with E-state index in [2.05, 4.69) is 6.07 Å². The number of nitrogens with zero attached hydrogens (tertiary/aromatic N) is 1. The Morgan fingerprint density at radius 3 is 2.60 bits per heavy atom. The van der Waals surface area contributed by atoms with Crippen molar-refractivity contribution in [1.29, 1.82) is 5.26 Å². The first-order valence-electron chi connectivity index (χ1n) is 6.19. The summed E-state index contributed by atoms with van der Waals surface area (Å²) in [6.45, 7) is 2.13. The van der Waals surface area contributed by atoms with Gasteiger partial charge in [-0.25, -0.2) is 0 Å². The fourth-order valence-corrected chi connectivity index (χ4v) is 1.91. The summed E-state index contributed by atoms with van der Waals surface area (Å²) < 4.78 is 5.69. The first kappa shape index (κ1) is 14.1. The first-order valence-corrected chi connectivity index (χ1v) is 6.19. The van der Waals surface area contributed by atoms with E-state index in [0.717, 1.165) is 11.1 Å². The van der Waals surface area contributed by atoms with Crippen molar-refractivity contribution < 1.29 is 14.8 Å². The summed E-state index contributed by atoms with van der Waals surface area (Å²) in [6, 6.07) is 14.3. The molecule has 100 valence electrons. The lowest BCUT2D eigenvalue weighted by molar-refractivity contribution is 0.304. The number of hydrogen-bond acceptors (Lipinski definition) is 4. The second kappa shape index (κ2) is 6.24. The molecule has 0 spiro atoms. The van der Waals surface area contributed by atoms with Gasteiger partial charge in [0.05, 0.1) is 11.6 Å². The molecule has 4 nitrogen and oxygen atoms in total. The van der Waals surface area contributed by atoms with Crippen LogP contribution >= 0.6 is 0 Å². The van der Waals surface area contributed by atoms with E-state index in [1.807, 2.05) is 25.1 Å². The fourth-order valence-electron chi connectivity index (χ4n) is 1.91. The number of hydrogen-bond donors (Lipinski definition) is 2. The lowest BCUT2D eigenvalue weighted by Crippen LogP contribution is -2.29.